The summed E-state index contributed by atoms with van der Waals surface area (Å²) in [6.07, 6.45) is 7.18. The van der Waals surface area contributed by atoms with Gasteiger partial charge in [0, 0.05) is 38.1 Å². The van der Waals surface area contributed by atoms with Gasteiger partial charge in [0.15, 0.2) is 11.8 Å². The van der Waals surface area contributed by atoms with Gasteiger partial charge in [-0.1, -0.05) is 11.2 Å². The lowest BCUT2D eigenvalue weighted by molar-refractivity contribution is 0.420. The lowest BCUT2D eigenvalue weighted by Gasteiger charge is -2.20. The number of aliphatic imine (C=N–C) groups is 1. The predicted octanol–water partition coefficient (Wildman–Crippen LogP) is 2.72. The van der Waals surface area contributed by atoms with E-state index >= 15 is 0 Å². The standard InChI is InChI=1S/C20H25N7OS/c1-21-20(27(2)13-18-24-14-7-3-4-9-16(14)29-18)23-12-10-17-25-19(28-26-17)15-8-5-6-11-22-15/h5-6,8,11H,3-4,7,9-10,12-13H2,1-2H3,(H,21,23). The molecule has 0 saturated carbocycles. The van der Waals surface area contributed by atoms with Gasteiger partial charge >= 0.3 is 0 Å². The van der Waals surface area contributed by atoms with Crippen molar-refractivity contribution in [1.29, 1.82) is 0 Å². The molecule has 1 N–H and O–H groups in total. The molecule has 0 unspecified atom stereocenters. The fraction of sp³-hybridized carbons (Fsp3) is 0.450. The number of fused-ring (bicyclic) bond motifs is 1. The molecule has 0 bridgehead atoms. The molecule has 152 valence electrons. The van der Waals surface area contributed by atoms with Gasteiger partial charge in [0.05, 0.1) is 12.2 Å². The first kappa shape index (κ1) is 19.5. The number of pyridine rings is 1. The molecule has 3 heterocycles. The van der Waals surface area contributed by atoms with Gasteiger partial charge in [-0.2, -0.15) is 4.98 Å². The van der Waals surface area contributed by atoms with Gasteiger partial charge in [-0.25, -0.2) is 4.98 Å². The molecule has 0 fully saturated rings. The molecular formula is C20H25N7OS. The molecule has 0 aliphatic heterocycles. The Bertz CT molecular complexity index is 943. The van der Waals surface area contributed by atoms with Crippen LogP contribution in [0.5, 0.6) is 0 Å². The molecule has 0 atom stereocenters. The second kappa shape index (κ2) is 9.13. The van der Waals surface area contributed by atoms with Crippen LogP contribution < -0.4 is 5.32 Å². The van der Waals surface area contributed by atoms with Crippen molar-refractivity contribution in [3.05, 3.63) is 45.8 Å². The maximum atomic E-state index is 5.30. The van der Waals surface area contributed by atoms with Crippen LogP contribution in [0, 0.1) is 0 Å². The number of guanidine groups is 1. The molecule has 4 rings (SSSR count). The van der Waals surface area contributed by atoms with E-state index in [9.17, 15) is 0 Å². The maximum Gasteiger partial charge on any atom is 0.276 e. The molecule has 29 heavy (non-hydrogen) atoms. The molecule has 1 aliphatic rings. The zero-order valence-electron chi connectivity index (χ0n) is 16.8. The molecule has 8 nitrogen and oxygen atoms in total. The molecule has 0 aromatic carbocycles. The van der Waals surface area contributed by atoms with Gasteiger partial charge in [-0.3, -0.25) is 9.98 Å². The minimum atomic E-state index is 0.440. The first-order valence-corrected chi connectivity index (χ1v) is 10.7. The molecule has 0 saturated heterocycles. The van der Waals surface area contributed by atoms with E-state index in [1.54, 1.807) is 13.2 Å². The summed E-state index contributed by atoms with van der Waals surface area (Å²) < 4.78 is 5.30. The number of nitrogens with zero attached hydrogens (tertiary/aromatic N) is 6. The summed E-state index contributed by atoms with van der Waals surface area (Å²) in [6, 6.07) is 5.60. The topological polar surface area (TPSA) is 92.3 Å². The van der Waals surface area contributed by atoms with Crippen molar-refractivity contribution in [2.45, 2.75) is 38.6 Å². The Morgan fingerprint density at radius 3 is 2.97 bits per heavy atom. The highest BCUT2D eigenvalue weighted by Crippen LogP contribution is 2.27. The Morgan fingerprint density at radius 1 is 1.28 bits per heavy atom. The lowest BCUT2D eigenvalue weighted by atomic mass is 10.0. The third kappa shape index (κ3) is 4.79. The van der Waals surface area contributed by atoms with Crippen LogP contribution in [0.25, 0.3) is 11.6 Å². The Kier molecular flexibility index (Phi) is 6.14. The number of hydrogen-bond acceptors (Lipinski definition) is 7. The minimum Gasteiger partial charge on any atom is -0.356 e. The van der Waals surface area contributed by atoms with Crippen molar-refractivity contribution >= 4 is 17.3 Å². The normalized spacial score (nSPS) is 13.9. The average molecular weight is 412 g/mol. The number of hydrogen-bond donors (Lipinski definition) is 1. The van der Waals surface area contributed by atoms with E-state index in [0.29, 0.717) is 30.4 Å². The maximum absolute atomic E-state index is 5.30. The molecule has 0 radical (unpaired) electrons. The van der Waals surface area contributed by atoms with Gasteiger partial charge in [0.2, 0.25) is 0 Å². The second-order valence-corrected chi connectivity index (χ2v) is 8.16. The lowest BCUT2D eigenvalue weighted by Crippen LogP contribution is -2.39. The summed E-state index contributed by atoms with van der Waals surface area (Å²) in [5, 5.41) is 8.55. The highest BCUT2D eigenvalue weighted by molar-refractivity contribution is 7.11. The Morgan fingerprint density at radius 2 is 2.17 bits per heavy atom. The van der Waals surface area contributed by atoms with Crippen LogP contribution in [-0.4, -0.2) is 51.6 Å². The second-order valence-electron chi connectivity index (χ2n) is 7.00. The summed E-state index contributed by atoms with van der Waals surface area (Å²) in [5.74, 6) is 1.91. The van der Waals surface area contributed by atoms with Gasteiger partial charge in [0.25, 0.3) is 5.89 Å². The SMILES string of the molecule is CN=C(NCCc1noc(-c2ccccn2)n1)N(C)Cc1nc2c(s1)CCCC2. The Hall–Kier alpha value is -2.81. The van der Waals surface area contributed by atoms with E-state index in [4.69, 9.17) is 9.51 Å². The summed E-state index contributed by atoms with van der Waals surface area (Å²) in [6.45, 7) is 1.41. The van der Waals surface area contributed by atoms with E-state index in [0.717, 1.165) is 23.9 Å². The van der Waals surface area contributed by atoms with Crippen LogP contribution in [0.2, 0.25) is 0 Å². The van der Waals surface area contributed by atoms with Gasteiger partial charge in [0.1, 0.15) is 10.7 Å². The Balaban J connectivity index is 1.29. The highest BCUT2D eigenvalue weighted by Gasteiger charge is 2.17. The van der Waals surface area contributed by atoms with Crippen LogP contribution in [-0.2, 0) is 25.8 Å². The Labute approximate surface area is 174 Å². The summed E-state index contributed by atoms with van der Waals surface area (Å²) >= 11 is 1.84. The third-order valence-corrected chi connectivity index (χ3v) is 5.96. The van der Waals surface area contributed by atoms with Gasteiger partial charge in [-0.15, -0.1) is 11.3 Å². The fourth-order valence-corrected chi connectivity index (χ4v) is 4.58. The van der Waals surface area contributed by atoms with Crippen molar-refractivity contribution in [3.8, 4) is 11.6 Å². The van der Waals surface area contributed by atoms with E-state index in [1.165, 1.54) is 29.8 Å². The van der Waals surface area contributed by atoms with Crippen LogP contribution >= 0.6 is 11.3 Å². The quantitative estimate of drug-likeness (QED) is 0.492. The number of nitrogens with one attached hydrogen (secondary N) is 1. The number of aromatic nitrogens is 4. The van der Waals surface area contributed by atoms with E-state index in [1.807, 2.05) is 36.6 Å². The predicted molar refractivity (Wildman–Crippen MR) is 113 cm³/mol. The van der Waals surface area contributed by atoms with Crippen molar-refractivity contribution < 1.29 is 4.52 Å². The highest BCUT2D eigenvalue weighted by atomic mass is 32.1. The summed E-state index contributed by atoms with van der Waals surface area (Å²) in [7, 11) is 3.82. The zero-order chi connectivity index (χ0) is 20.1. The molecule has 3 aromatic rings. The average Bonchev–Trinajstić information content (AvgIpc) is 3.38. The number of aryl methyl sites for hydroxylation is 2. The smallest absolute Gasteiger partial charge is 0.276 e. The number of rotatable bonds is 6. The number of thiazole rings is 1. The zero-order valence-corrected chi connectivity index (χ0v) is 17.6. The minimum absolute atomic E-state index is 0.440. The van der Waals surface area contributed by atoms with E-state index < -0.39 is 0 Å². The first-order valence-electron chi connectivity index (χ1n) is 9.86. The summed E-state index contributed by atoms with van der Waals surface area (Å²) in [5.41, 5.74) is 1.98. The van der Waals surface area contributed by atoms with Gasteiger partial charge in [-0.05, 0) is 37.8 Å². The van der Waals surface area contributed by atoms with Crippen LogP contribution in [0.15, 0.2) is 33.9 Å². The summed E-state index contributed by atoms with van der Waals surface area (Å²) in [4.78, 5) is 21.4. The molecule has 0 amide bonds. The monoisotopic (exact) mass is 411 g/mol. The van der Waals surface area contributed by atoms with Crippen molar-refractivity contribution in [2.75, 3.05) is 20.6 Å². The van der Waals surface area contributed by atoms with Crippen molar-refractivity contribution in [3.63, 3.8) is 0 Å². The van der Waals surface area contributed by atoms with Crippen LogP contribution in [0.3, 0.4) is 0 Å². The fourth-order valence-electron chi connectivity index (χ4n) is 3.37. The van der Waals surface area contributed by atoms with Crippen LogP contribution in [0.1, 0.15) is 34.2 Å². The molecule has 1 aliphatic carbocycles. The molecule has 3 aromatic heterocycles. The van der Waals surface area contributed by atoms with E-state index in [-0.39, 0.29) is 0 Å². The first-order chi connectivity index (χ1) is 14.2. The molecule has 0 spiro atoms. The molecule has 9 heteroatoms. The largest absolute Gasteiger partial charge is 0.356 e. The molecular weight excluding hydrogens is 386 g/mol. The third-order valence-electron chi connectivity index (χ3n) is 4.82. The van der Waals surface area contributed by atoms with Crippen molar-refractivity contribution in [1.82, 2.24) is 30.3 Å². The van der Waals surface area contributed by atoms with Crippen LogP contribution in [0.4, 0.5) is 0 Å². The van der Waals surface area contributed by atoms with Crippen molar-refractivity contribution in [2.24, 2.45) is 4.99 Å². The van der Waals surface area contributed by atoms with E-state index in [2.05, 4.69) is 30.3 Å². The van der Waals surface area contributed by atoms with Gasteiger partial charge < -0.3 is 14.7 Å².